The Labute approximate surface area is 123 Å². The molecule has 1 aromatic rings. The molecule has 0 bridgehead atoms. The van der Waals surface area contributed by atoms with Gasteiger partial charge in [-0.1, -0.05) is 0 Å². The van der Waals surface area contributed by atoms with E-state index >= 15 is 0 Å². The van der Waals surface area contributed by atoms with Crippen LogP contribution in [0.1, 0.15) is 13.3 Å². The van der Waals surface area contributed by atoms with Crippen molar-refractivity contribution in [2.45, 2.75) is 18.2 Å². The lowest BCUT2D eigenvalue weighted by Gasteiger charge is -2.16. The predicted octanol–water partition coefficient (Wildman–Crippen LogP) is 1.56. The molecule has 0 saturated heterocycles. The molecular weight excluding hydrogens is 296 g/mol. The second-order valence-electron chi connectivity index (χ2n) is 4.20. The van der Waals surface area contributed by atoms with Gasteiger partial charge in [-0.05, 0) is 19.1 Å². The van der Waals surface area contributed by atoms with Crippen LogP contribution in [0.3, 0.4) is 0 Å². The van der Waals surface area contributed by atoms with Crippen LogP contribution < -0.4 is 5.32 Å². The smallest absolute Gasteiger partial charge is 0.293 e. The van der Waals surface area contributed by atoms with E-state index in [-0.39, 0.29) is 29.2 Å². The largest absolute Gasteiger partial charge is 0.380 e. The lowest BCUT2D eigenvalue weighted by Crippen LogP contribution is -2.27. The molecule has 1 aromatic carbocycles. The van der Waals surface area contributed by atoms with Gasteiger partial charge in [-0.3, -0.25) is 10.1 Å². The Balaban J connectivity index is 3.22. The first-order valence-electron chi connectivity index (χ1n) is 6.20. The first kappa shape index (κ1) is 16.9. The molecule has 0 spiro atoms. The molecule has 21 heavy (non-hydrogen) atoms. The summed E-state index contributed by atoms with van der Waals surface area (Å²) < 4.78 is 25.5. The third-order valence-corrected chi connectivity index (χ3v) is 4.63. The summed E-state index contributed by atoms with van der Waals surface area (Å²) in [6, 6.07) is 5.55. The van der Waals surface area contributed by atoms with Crippen LogP contribution in [0.25, 0.3) is 0 Å². The Hall–Kier alpha value is -2.18. The van der Waals surface area contributed by atoms with Crippen LogP contribution in [0.2, 0.25) is 0 Å². The van der Waals surface area contributed by atoms with E-state index in [0.717, 1.165) is 10.4 Å². The second-order valence-corrected chi connectivity index (χ2v) is 6.25. The highest BCUT2D eigenvalue weighted by Crippen LogP contribution is 2.28. The highest BCUT2D eigenvalue weighted by molar-refractivity contribution is 7.89. The Bertz CT molecular complexity index is 666. The van der Waals surface area contributed by atoms with Crippen LogP contribution in [0.4, 0.5) is 11.4 Å². The minimum atomic E-state index is -3.85. The number of rotatable bonds is 7. The molecule has 0 amide bonds. The first-order valence-corrected chi connectivity index (χ1v) is 7.64. The van der Waals surface area contributed by atoms with E-state index in [1.807, 2.05) is 6.07 Å². The second kappa shape index (κ2) is 7.01. The molecule has 114 valence electrons. The number of hydrogen-bond acceptors (Lipinski definition) is 6. The first-order chi connectivity index (χ1) is 9.84. The van der Waals surface area contributed by atoms with E-state index in [0.29, 0.717) is 6.54 Å². The molecule has 0 aliphatic carbocycles. The van der Waals surface area contributed by atoms with Crippen LogP contribution in [-0.2, 0) is 10.0 Å². The number of nitrogens with zero attached hydrogens (tertiary/aromatic N) is 3. The summed E-state index contributed by atoms with van der Waals surface area (Å²) in [5, 5.41) is 22.3. The van der Waals surface area contributed by atoms with Crippen molar-refractivity contribution < 1.29 is 13.3 Å². The Morgan fingerprint density at radius 1 is 1.48 bits per heavy atom. The lowest BCUT2D eigenvalue weighted by molar-refractivity contribution is -0.384. The maximum atomic E-state index is 12.3. The van der Waals surface area contributed by atoms with E-state index in [4.69, 9.17) is 5.26 Å². The van der Waals surface area contributed by atoms with Gasteiger partial charge in [0.1, 0.15) is 5.69 Å². The number of nitriles is 1. The maximum Gasteiger partial charge on any atom is 0.293 e. The van der Waals surface area contributed by atoms with Gasteiger partial charge in [0, 0.05) is 32.6 Å². The number of hydrogen-bond donors (Lipinski definition) is 1. The predicted molar refractivity (Wildman–Crippen MR) is 77.3 cm³/mol. The van der Waals surface area contributed by atoms with Crippen LogP contribution in [0.15, 0.2) is 23.1 Å². The van der Waals surface area contributed by atoms with Crippen molar-refractivity contribution >= 4 is 21.4 Å². The van der Waals surface area contributed by atoms with Gasteiger partial charge < -0.3 is 5.32 Å². The average Bonchev–Trinajstić information content (AvgIpc) is 2.44. The maximum absolute atomic E-state index is 12.3. The quantitative estimate of drug-likeness (QED) is 0.603. The standard InChI is InChI=1S/C12H16N4O4S/c1-3-14-11-6-5-10(9-12(11)16(17)18)21(19,20)15(2)8-4-7-13/h5-6,9,14H,3-4,8H2,1-2H3. The van der Waals surface area contributed by atoms with Gasteiger partial charge >= 0.3 is 0 Å². The Kier molecular flexibility index (Phi) is 5.63. The van der Waals surface area contributed by atoms with Crippen LogP contribution >= 0.6 is 0 Å². The van der Waals surface area contributed by atoms with Gasteiger partial charge in [0.05, 0.1) is 15.9 Å². The van der Waals surface area contributed by atoms with E-state index in [2.05, 4.69) is 5.32 Å². The molecule has 1 rings (SSSR count). The molecule has 9 heteroatoms. The molecule has 0 saturated carbocycles. The summed E-state index contributed by atoms with van der Waals surface area (Å²) >= 11 is 0. The molecular formula is C12H16N4O4S. The molecule has 0 aromatic heterocycles. The molecule has 0 radical (unpaired) electrons. The number of anilines is 1. The molecule has 0 aliphatic heterocycles. The Morgan fingerprint density at radius 3 is 2.67 bits per heavy atom. The zero-order valence-electron chi connectivity index (χ0n) is 11.7. The van der Waals surface area contributed by atoms with Gasteiger partial charge in [0.25, 0.3) is 5.69 Å². The SMILES string of the molecule is CCNc1ccc(S(=O)(=O)N(C)CCC#N)cc1[N+](=O)[O-]. The fourth-order valence-corrected chi connectivity index (χ4v) is 2.86. The summed E-state index contributed by atoms with van der Waals surface area (Å²) in [6.07, 6.45) is 0.0489. The highest BCUT2D eigenvalue weighted by Gasteiger charge is 2.24. The van der Waals surface area contributed by atoms with E-state index in [1.165, 1.54) is 19.2 Å². The third kappa shape index (κ3) is 3.90. The summed E-state index contributed by atoms with van der Waals surface area (Å²) in [5.41, 5.74) is -0.0345. The topological polar surface area (TPSA) is 116 Å². The fourth-order valence-electron chi connectivity index (χ4n) is 1.67. The molecule has 0 fully saturated rings. The number of nitro groups is 1. The highest BCUT2D eigenvalue weighted by atomic mass is 32.2. The molecule has 0 unspecified atom stereocenters. The van der Waals surface area contributed by atoms with Gasteiger partial charge in [-0.25, -0.2) is 8.42 Å². The summed E-state index contributed by atoms with van der Waals surface area (Å²) in [5.74, 6) is 0. The molecule has 0 atom stereocenters. The third-order valence-electron chi connectivity index (χ3n) is 2.78. The fraction of sp³-hybridized carbons (Fsp3) is 0.417. The minimum absolute atomic E-state index is 0.0294. The summed E-state index contributed by atoms with van der Waals surface area (Å²) in [4.78, 5) is 10.2. The number of benzene rings is 1. The van der Waals surface area contributed by atoms with Gasteiger partial charge in [-0.2, -0.15) is 9.57 Å². The van der Waals surface area contributed by atoms with Crippen molar-refractivity contribution in [2.24, 2.45) is 0 Å². The lowest BCUT2D eigenvalue weighted by atomic mass is 10.2. The normalized spacial score (nSPS) is 11.1. The monoisotopic (exact) mass is 312 g/mol. The number of nitro benzene ring substituents is 1. The van der Waals surface area contributed by atoms with Crippen molar-refractivity contribution in [1.82, 2.24) is 4.31 Å². The van der Waals surface area contributed by atoms with Crippen molar-refractivity contribution in [1.29, 1.82) is 5.26 Å². The number of sulfonamides is 1. The molecule has 1 N–H and O–H groups in total. The van der Waals surface area contributed by atoms with E-state index < -0.39 is 14.9 Å². The number of nitrogens with one attached hydrogen (secondary N) is 1. The van der Waals surface area contributed by atoms with Crippen molar-refractivity contribution in [3.05, 3.63) is 28.3 Å². The van der Waals surface area contributed by atoms with Crippen molar-refractivity contribution in [3.8, 4) is 6.07 Å². The van der Waals surface area contributed by atoms with Gasteiger partial charge in [0.2, 0.25) is 10.0 Å². The molecule has 8 nitrogen and oxygen atoms in total. The average molecular weight is 312 g/mol. The van der Waals surface area contributed by atoms with Crippen LogP contribution in [0, 0.1) is 21.4 Å². The molecule has 0 aliphatic rings. The Morgan fingerprint density at radius 2 is 2.14 bits per heavy atom. The molecule has 0 heterocycles. The van der Waals surface area contributed by atoms with Crippen LogP contribution in [0.5, 0.6) is 0 Å². The van der Waals surface area contributed by atoms with Gasteiger partial charge in [0.15, 0.2) is 0 Å². The zero-order valence-corrected chi connectivity index (χ0v) is 12.6. The van der Waals surface area contributed by atoms with Crippen molar-refractivity contribution in [3.63, 3.8) is 0 Å². The van der Waals surface area contributed by atoms with E-state index in [9.17, 15) is 18.5 Å². The van der Waals surface area contributed by atoms with Gasteiger partial charge in [-0.15, -0.1) is 0 Å². The van der Waals surface area contributed by atoms with E-state index in [1.54, 1.807) is 6.92 Å². The zero-order chi connectivity index (χ0) is 16.0. The van der Waals surface area contributed by atoms with Crippen molar-refractivity contribution in [2.75, 3.05) is 25.5 Å². The summed E-state index contributed by atoms with van der Waals surface area (Å²) in [6.45, 7) is 2.29. The summed E-state index contributed by atoms with van der Waals surface area (Å²) in [7, 11) is -2.52. The minimum Gasteiger partial charge on any atom is -0.380 e. The van der Waals surface area contributed by atoms with Crippen LogP contribution in [-0.4, -0.2) is 37.8 Å².